The van der Waals surface area contributed by atoms with Crippen molar-refractivity contribution in [3.63, 3.8) is 0 Å². The molecule has 86 valence electrons. The molecule has 3 nitrogen and oxygen atoms in total. The number of nitrogens with zero attached hydrogens (tertiary/aromatic N) is 1. The van der Waals surface area contributed by atoms with E-state index in [0.717, 1.165) is 18.4 Å². The van der Waals surface area contributed by atoms with Crippen LogP contribution in [0.15, 0.2) is 18.3 Å². The van der Waals surface area contributed by atoms with Crippen LogP contribution in [-0.2, 0) is 0 Å². The molecule has 0 aromatic carbocycles. The van der Waals surface area contributed by atoms with Gasteiger partial charge in [-0.3, -0.25) is 0 Å². The molecule has 0 amide bonds. The lowest BCUT2D eigenvalue weighted by molar-refractivity contribution is 0.382. The molecular formula is C13H18N2O. The van der Waals surface area contributed by atoms with Gasteiger partial charge in [-0.25, -0.2) is 4.98 Å². The van der Waals surface area contributed by atoms with Crippen LogP contribution in [0.4, 0.5) is 0 Å². The van der Waals surface area contributed by atoms with E-state index in [2.05, 4.69) is 22.1 Å². The summed E-state index contributed by atoms with van der Waals surface area (Å²) >= 11 is 0. The minimum absolute atomic E-state index is 0.240. The van der Waals surface area contributed by atoms with Crippen LogP contribution in [0.5, 0.6) is 5.88 Å². The van der Waals surface area contributed by atoms with Crippen LogP contribution in [0.3, 0.4) is 0 Å². The van der Waals surface area contributed by atoms with Gasteiger partial charge in [-0.2, -0.15) is 0 Å². The highest BCUT2D eigenvalue weighted by atomic mass is 16.5. The van der Waals surface area contributed by atoms with Crippen LogP contribution in [-0.4, -0.2) is 19.1 Å². The summed E-state index contributed by atoms with van der Waals surface area (Å²) in [4.78, 5) is 4.20. The zero-order valence-corrected chi connectivity index (χ0v) is 10.1. The van der Waals surface area contributed by atoms with E-state index in [9.17, 15) is 0 Å². The quantitative estimate of drug-likeness (QED) is 0.769. The highest BCUT2D eigenvalue weighted by Crippen LogP contribution is 2.25. The number of nitrogens with one attached hydrogen (secondary N) is 1. The molecule has 1 aromatic rings. The van der Waals surface area contributed by atoms with Crippen molar-refractivity contribution >= 4 is 0 Å². The average molecular weight is 218 g/mol. The third-order valence-electron chi connectivity index (χ3n) is 2.45. The van der Waals surface area contributed by atoms with Gasteiger partial charge in [0.2, 0.25) is 5.88 Å². The van der Waals surface area contributed by atoms with Crippen molar-refractivity contribution in [2.75, 3.05) is 14.2 Å². The summed E-state index contributed by atoms with van der Waals surface area (Å²) in [5.74, 6) is 6.66. The Hall–Kier alpha value is -1.53. The Bertz CT molecular complexity index is 379. The first-order chi connectivity index (χ1) is 7.83. The highest BCUT2D eigenvalue weighted by molar-refractivity contribution is 5.29. The zero-order valence-electron chi connectivity index (χ0n) is 10.1. The van der Waals surface area contributed by atoms with E-state index < -0.39 is 0 Å². The van der Waals surface area contributed by atoms with Gasteiger partial charge in [-0.15, -0.1) is 11.8 Å². The fourth-order valence-electron chi connectivity index (χ4n) is 1.64. The van der Waals surface area contributed by atoms with E-state index >= 15 is 0 Å². The third-order valence-corrected chi connectivity index (χ3v) is 2.45. The fraction of sp³-hybridized carbons (Fsp3) is 0.462. The summed E-state index contributed by atoms with van der Waals surface area (Å²) in [5, 5.41) is 3.26. The first kappa shape index (κ1) is 12.5. The predicted octanol–water partition coefficient (Wildman–Crippen LogP) is 2.15. The van der Waals surface area contributed by atoms with Crippen LogP contribution >= 0.6 is 0 Å². The van der Waals surface area contributed by atoms with Crippen LogP contribution < -0.4 is 10.1 Å². The Labute approximate surface area is 97.2 Å². The summed E-state index contributed by atoms with van der Waals surface area (Å²) in [6, 6.07) is 4.20. The lowest BCUT2D eigenvalue weighted by Gasteiger charge is -2.17. The van der Waals surface area contributed by atoms with Crippen molar-refractivity contribution < 1.29 is 4.74 Å². The molecule has 0 aliphatic heterocycles. The Kier molecular flexibility index (Phi) is 5.38. The summed E-state index contributed by atoms with van der Waals surface area (Å²) in [5.41, 5.74) is 1.09. The topological polar surface area (TPSA) is 34.2 Å². The molecule has 1 unspecified atom stereocenters. The third kappa shape index (κ3) is 3.25. The second kappa shape index (κ2) is 6.86. The molecule has 0 saturated heterocycles. The normalized spacial score (nSPS) is 11.4. The van der Waals surface area contributed by atoms with E-state index in [1.807, 2.05) is 26.1 Å². The van der Waals surface area contributed by atoms with Gasteiger partial charge in [-0.1, -0.05) is 6.07 Å². The Morgan fingerprint density at radius 1 is 1.56 bits per heavy atom. The van der Waals surface area contributed by atoms with Gasteiger partial charge in [0.15, 0.2) is 0 Å². The molecule has 0 radical (unpaired) electrons. The van der Waals surface area contributed by atoms with E-state index in [1.54, 1.807) is 13.3 Å². The summed E-state index contributed by atoms with van der Waals surface area (Å²) in [6.07, 6.45) is 3.57. The monoisotopic (exact) mass is 218 g/mol. The van der Waals surface area contributed by atoms with Crippen molar-refractivity contribution in [2.24, 2.45) is 0 Å². The minimum Gasteiger partial charge on any atom is -0.481 e. The van der Waals surface area contributed by atoms with Gasteiger partial charge in [0, 0.05) is 24.2 Å². The molecule has 3 heteroatoms. The molecule has 1 atom stereocenters. The van der Waals surface area contributed by atoms with Crippen molar-refractivity contribution in [1.29, 1.82) is 0 Å². The first-order valence-corrected chi connectivity index (χ1v) is 5.39. The standard InChI is InChI=1S/C13H18N2O/c1-4-5-6-9-12(14-2)11-8-7-10-15-13(11)16-3/h7-8,10,12,14H,6,9H2,1-3H3. The maximum atomic E-state index is 5.25. The minimum atomic E-state index is 0.240. The smallest absolute Gasteiger partial charge is 0.217 e. The molecule has 0 aliphatic rings. The van der Waals surface area contributed by atoms with Crippen molar-refractivity contribution in [3.8, 4) is 17.7 Å². The van der Waals surface area contributed by atoms with Crippen LogP contribution in [0.1, 0.15) is 31.4 Å². The van der Waals surface area contributed by atoms with Gasteiger partial charge < -0.3 is 10.1 Å². The molecule has 0 spiro atoms. The van der Waals surface area contributed by atoms with E-state index in [0.29, 0.717) is 5.88 Å². The number of hydrogen-bond donors (Lipinski definition) is 1. The van der Waals surface area contributed by atoms with Crippen molar-refractivity contribution in [1.82, 2.24) is 10.3 Å². The second-order valence-corrected chi connectivity index (χ2v) is 3.41. The largest absolute Gasteiger partial charge is 0.481 e. The Morgan fingerprint density at radius 2 is 2.38 bits per heavy atom. The van der Waals surface area contributed by atoms with E-state index in [-0.39, 0.29) is 6.04 Å². The molecule has 1 rings (SSSR count). The van der Waals surface area contributed by atoms with Crippen LogP contribution in [0, 0.1) is 11.8 Å². The molecule has 0 bridgehead atoms. The number of rotatable bonds is 5. The number of pyridine rings is 1. The summed E-state index contributed by atoms with van der Waals surface area (Å²) in [7, 11) is 3.58. The van der Waals surface area contributed by atoms with Gasteiger partial charge >= 0.3 is 0 Å². The number of ether oxygens (including phenoxy) is 1. The second-order valence-electron chi connectivity index (χ2n) is 3.41. The molecule has 0 fully saturated rings. The summed E-state index contributed by atoms with van der Waals surface area (Å²) in [6.45, 7) is 1.86. The lowest BCUT2D eigenvalue weighted by atomic mass is 10.0. The Morgan fingerprint density at radius 3 is 3.00 bits per heavy atom. The number of methoxy groups -OCH3 is 1. The molecule has 1 aromatic heterocycles. The fourth-order valence-corrected chi connectivity index (χ4v) is 1.64. The molecule has 1 heterocycles. The molecule has 0 saturated carbocycles. The molecule has 0 aliphatic carbocycles. The van der Waals surface area contributed by atoms with Gasteiger partial charge in [-0.05, 0) is 26.5 Å². The zero-order chi connectivity index (χ0) is 11.8. The van der Waals surface area contributed by atoms with Gasteiger partial charge in [0.05, 0.1) is 7.11 Å². The van der Waals surface area contributed by atoms with Crippen LogP contribution in [0.25, 0.3) is 0 Å². The maximum Gasteiger partial charge on any atom is 0.217 e. The van der Waals surface area contributed by atoms with Gasteiger partial charge in [0.1, 0.15) is 0 Å². The highest BCUT2D eigenvalue weighted by Gasteiger charge is 2.13. The maximum absolute atomic E-state index is 5.25. The predicted molar refractivity (Wildman–Crippen MR) is 65.3 cm³/mol. The lowest BCUT2D eigenvalue weighted by Crippen LogP contribution is -2.17. The molecule has 16 heavy (non-hydrogen) atoms. The Balaban J connectivity index is 2.79. The van der Waals surface area contributed by atoms with Crippen LogP contribution in [0.2, 0.25) is 0 Å². The molecule has 1 N–H and O–H groups in total. The molecular weight excluding hydrogens is 200 g/mol. The SMILES string of the molecule is CC#CCCC(NC)c1cccnc1OC. The van der Waals surface area contributed by atoms with E-state index in [1.165, 1.54) is 0 Å². The number of hydrogen-bond acceptors (Lipinski definition) is 3. The van der Waals surface area contributed by atoms with Crippen molar-refractivity contribution in [3.05, 3.63) is 23.9 Å². The van der Waals surface area contributed by atoms with Crippen molar-refractivity contribution in [2.45, 2.75) is 25.8 Å². The van der Waals surface area contributed by atoms with E-state index in [4.69, 9.17) is 4.74 Å². The summed E-state index contributed by atoms with van der Waals surface area (Å²) < 4.78 is 5.25. The number of aromatic nitrogens is 1. The first-order valence-electron chi connectivity index (χ1n) is 5.39. The van der Waals surface area contributed by atoms with Gasteiger partial charge in [0.25, 0.3) is 0 Å². The average Bonchev–Trinajstić information content (AvgIpc) is 2.35.